The molecule has 0 saturated carbocycles. The van der Waals surface area contributed by atoms with Crippen LogP contribution in [0, 0.1) is 6.92 Å². The van der Waals surface area contributed by atoms with Crippen LogP contribution in [0.3, 0.4) is 0 Å². The Morgan fingerprint density at radius 1 is 0.955 bits per heavy atom. The second-order valence-electron chi connectivity index (χ2n) is 5.19. The van der Waals surface area contributed by atoms with E-state index in [-0.39, 0.29) is 0 Å². The molecule has 0 aliphatic heterocycles. The van der Waals surface area contributed by atoms with Crippen LogP contribution in [0.4, 0.5) is 13.2 Å². The minimum absolute atomic E-state index is 0.515. The SMILES string of the molecule is Cc1ccc(S(C)(C)[OH+]S(=O)(=O)C(F)(F)F)c2ccccc12. The fraction of sp³-hybridized carbons (Fsp3) is 0.286. The lowest BCUT2D eigenvalue weighted by molar-refractivity contribution is -0.0539. The number of rotatable bonds is 3. The second-order valence-corrected chi connectivity index (χ2v) is 10.2. The lowest BCUT2D eigenvalue weighted by Gasteiger charge is -2.27. The summed E-state index contributed by atoms with van der Waals surface area (Å²) in [5.74, 6) is 0. The van der Waals surface area contributed by atoms with E-state index in [1.807, 2.05) is 19.1 Å². The van der Waals surface area contributed by atoms with E-state index >= 15 is 0 Å². The molecule has 0 aliphatic rings. The Morgan fingerprint density at radius 3 is 2.05 bits per heavy atom. The van der Waals surface area contributed by atoms with Gasteiger partial charge < -0.3 is 0 Å². The molecule has 0 aliphatic carbocycles. The molecule has 0 heterocycles. The van der Waals surface area contributed by atoms with E-state index in [0.29, 0.717) is 4.90 Å². The quantitative estimate of drug-likeness (QED) is 0.466. The van der Waals surface area contributed by atoms with Gasteiger partial charge >= 0.3 is 15.6 Å². The summed E-state index contributed by atoms with van der Waals surface area (Å²) < 4.78 is 63.7. The van der Waals surface area contributed by atoms with Crippen molar-refractivity contribution in [3.05, 3.63) is 42.0 Å². The van der Waals surface area contributed by atoms with Gasteiger partial charge in [-0.05, 0) is 23.9 Å². The van der Waals surface area contributed by atoms with Crippen LogP contribution in [0.2, 0.25) is 0 Å². The molecular weight excluding hydrogens is 337 g/mol. The van der Waals surface area contributed by atoms with Crippen molar-refractivity contribution in [2.75, 3.05) is 12.5 Å². The van der Waals surface area contributed by atoms with E-state index in [2.05, 4.69) is 3.63 Å². The minimum Gasteiger partial charge on any atom is -0.262 e. The number of benzene rings is 2. The fourth-order valence-electron chi connectivity index (χ4n) is 2.19. The highest BCUT2D eigenvalue weighted by molar-refractivity contribution is 8.31. The summed E-state index contributed by atoms with van der Waals surface area (Å²) in [5.41, 5.74) is -4.41. The fourth-order valence-corrected chi connectivity index (χ4v) is 5.92. The maximum atomic E-state index is 12.6. The second kappa shape index (κ2) is 5.43. The van der Waals surface area contributed by atoms with Gasteiger partial charge in [-0.25, -0.2) is 0 Å². The summed E-state index contributed by atoms with van der Waals surface area (Å²) >= 11 is 0. The van der Waals surface area contributed by atoms with Crippen LogP contribution in [0.15, 0.2) is 41.3 Å². The van der Waals surface area contributed by atoms with Gasteiger partial charge in [0.25, 0.3) is 0 Å². The normalized spacial score (nSPS) is 14.3. The first-order valence-electron chi connectivity index (χ1n) is 6.23. The standard InChI is InChI=1S/C14H15F3O3S2/c1-10-8-9-13(12-7-5-4-6-11(10)12)21(2,3)20-22(18,19)14(15,16)17/h4-9H,1-3H3/p+1. The molecule has 2 aromatic carbocycles. The predicted molar refractivity (Wildman–Crippen MR) is 84.0 cm³/mol. The first kappa shape index (κ1) is 17.1. The molecule has 0 aromatic heterocycles. The van der Waals surface area contributed by atoms with Crippen molar-refractivity contribution in [3.8, 4) is 0 Å². The summed E-state index contributed by atoms with van der Waals surface area (Å²) in [6.07, 6.45) is 2.88. The van der Waals surface area contributed by atoms with Crippen LogP contribution < -0.4 is 0 Å². The van der Waals surface area contributed by atoms with Crippen molar-refractivity contribution < 1.29 is 25.2 Å². The average Bonchev–Trinajstić information content (AvgIpc) is 2.36. The topological polar surface area (TPSA) is 46.9 Å². The molecular formula is C14H16F3O3S2+. The summed E-state index contributed by atoms with van der Waals surface area (Å²) in [6, 6.07) is 10.6. The van der Waals surface area contributed by atoms with Crippen LogP contribution >= 0.6 is 10.3 Å². The monoisotopic (exact) mass is 353 g/mol. The van der Waals surface area contributed by atoms with E-state index < -0.39 is 25.9 Å². The maximum absolute atomic E-state index is 12.6. The zero-order chi connectivity index (χ0) is 16.8. The summed E-state index contributed by atoms with van der Waals surface area (Å²) in [5, 5.41) is 1.60. The van der Waals surface area contributed by atoms with Gasteiger partial charge in [0, 0.05) is 28.2 Å². The molecule has 3 nitrogen and oxygen atoms in total. The highest BCUT2D eigenvalue weighted by atomic mass is 32.3. The molecule has 0 bridgehead atoms. The van der Waals surface area contributed by atoms with Crippen molar-refractivity contribution in [2.24, 2.45) is 0 Å². The molecule has 0 unspecified atom stereocenters. The van der Waals surface area contributed by atoms with Gasteiger partial charge in [0.1, 0.15) is 0 Å². The van der Waals surface area contributed by atoms with Crippen LogP contribution in [0.1, 0.15) is 5.56 Å². The van der Waals surface area contributed by atoms with Crippen molar-refractivity contribution in [1.29, 1.82) is 0 Å². The number of aryl methyl sites for hydroxylation is 1. The van der Waals surface area contributed by atoms with Crippen LogP contribution in [0.5, 0.6) is 0 Å². The zero-order valence-corrected chi connectivity index (χ0v) is 13.8. The molecule has 22 heavy (non-hydrogen) atoms. The third kappa shape index (κ3) is 3.09. The van der Waals surface area contributed by atoms with E-state index in [0.717, 1.165) is 16.3 Å². The summed E-state index contributed by atoms with van der Waals surface area (Å²) in [4.78, 5) is 0.515. The molecule has 8 heteroatoms. The Balaban J connectivity index is 2.58. The number of fused-ring (bicyclic) bond motifs is 1. The van der Waals surface area contributed by atoms with Gasteiger partial charge in [-0.15, -0.1) is 8.42 Å². The molecule has 0 amide bonds. The van der Waals surface area contributed by atoms with Crippen molar-refractivity contribution in [3.63, 3.8) is 0 Å². The van der Waals surface area contributed by atoms with Crippen LogP contribution in [0.25, 0.3) is 10.8 Å². The molecule has 0 atom stereocenters. The van der Waals surface area contributed by atoms with Gasteiger partial charge in [-0.1, -0.05) is 30.3 Å². The summed E-state index contributed by atoms with van der Waals surface area (Å²) in [7, 11) is -8.05. The van der Waals surface area contributed by atoms with E-state index in [1.54, 1.807) is 24.3 Å². The zero-order valence-electron chi connectivity index (χ0n) is 12.2. The molecule has 0 saturated heterocycles. The highest BCUT2D eigenvalue weighted by Crippen LogP contribution is 2.53. The third-order valence-corrected chi connectivity index (χ3v) is 7.51. The predicted octanol–water partition coefficient (Wildman–Crippen LogP) is 4.43. The minimum atomic E-state index is -5.52. The van der Waals surface area contributed by atoms with Gasteiger partial charge in [0.2, 0.25) is 0 Å². The Labute approximate surface area is 128 Å². The first-order valence-corrected chi connectivity index (χ1v) is 10.1. The lowest BCUT2D eigenvalue weighted by Crippen LogP contribution is -2.29. The molecule has 0 fully saturated rings. The Kier molecular flexibility index (Phi) is 4.23. The molecule has 2 aromatic rings. The van der Waals surface area contributed by atoms with E-state index in [4.69, 9.17) is 0 Å². The summed E-state index contributed by atoms with van der Waals surface area (Å²) in [6.45, 7) is 1.89. The Bertz CT molecular complexity index is 812. The maximum Gasteiger partial charge on any atom is 0.572 e. The number of hydrogen-bond donors (Lipinski definition) is 0. The van der Waals surface area contributed by atoms with Crippen molar-refractivity contribution >= 4 is 31.2 Å². The van der Waals surface area contributed by atoms with Crippen molar-refractivity contribution in [2.45, 2.75) is 17.3 Å². The van der Waals surface area contributed by atoms with E-state index in [1.165, 1.54) is 12.5 Å². The van der Waals surface area contributed by atoms with Crippen molar-refractivity contribution in [1.82, 2.24) is 0 Å². The molecule has 0 radical (unpaired) electrons. The molecule has 122 valence electrons. The largest absolute Gasteiger partial charge is 0.572 e. The average molecular weight is 353 g/mol. The first-order chi connectivity index (χ1) is 9.96. The Hall–Kier alpha value is -1.25. The highest BCUT2D eigenvalue weighted by Gasteiger charge is 2.55. The number of halogens is 3. The molecule has 1 N–H and O–H groups in total. The molecule has 0 spiro atoms. The van der Waals surface area contributed by atoms with E-state index in [9.17, 15) is 21.6 Å². The lowest BCUT2D eigenvalue weighted by atomic mass is 10.1. The van der Waals surface area contributed by atoms with Gasteiger partial charge in [0.15, 0.2) is 0 Å². The number of hydrogen-bond acceptors (Lipinski definition) is 2. The van der Waals surface area contributed by atoms with Crippen LogP contribution in [-0.4, -0.2) is 30.1 Å². The number of alkyl halides is 3. The van der Waals surface area contributed by atoms with Gasteiger partial charge in [-0.2, -0.15) is 13.2 Å². The van der Waals surface area contributed by atoms with Crippen LogP contribution in [-0.2, 0) is 10.1 Å². The Morgan fingerprint density at radius 2 is 1.50 bits per heavy atom. The molecule has 2 rings (SSSR count). The smallest absolute Gasteiger partial charge is 0.262 e. The third-order valence-electron chi connectivity index (χ3n) is 3.22. The van der Waals surface area contributed by atoms with Gasteiger partial charge in [-0.3, -0.25) is 3.63 Å². The van der Waals surface area contributed by atoms with Gasteiger partial charge in [0.05, 0.1) is 4.90 Å².